The van der Waals surface area contributed by atoms with Gasteiger partial charge in [0.15, 0.2) is 0 Å². The number of aliphatic carboxylic acids is 2. The second kappa shape index (κ2) is 7.13. The summed E-state index contributed by atoms with van der Waals surface area (Å²) >= 11 is 0. The number of carboxylic acid groups (broad SMARTS) is 2. The molecule has 108 valence electrons. The van der Waals surface area contributed by atoms with Gasteiger partial charge in [-0.1, -0.05) is 6.07 Å². The van der Waals surface area contributed by atoms with Crippen molar-refractivity contribution in [3.8, 4) is 5.75 Å². The molecule has 0 unspecified atom stereocenters. The van der Waals surface area contributed by atoms with Crippen LogP contribution in [0.15, 0.2) is 24.3 Å². The first-order valence-electron chi connectivity index (χ1n) is 5.94. The quantitative estimate of drug-likeness (QED) is 0.587. The van der Waals surface area contributed by atoms with Crippen molar-refractivity contribution in [2.75, 3.05) is 0 Å². The highest BCUT2D eigenvalue weighted by Crippen LogP contribution is 2.11. The van der Waals surface area contributed by atoms with E-state index in [1.165, 1.54) is 24.3 Å². The number of benzene rings is 1. The maximum absolute atomic E-state index is 11.8. The fourth-order valence-corrected chi connectivity index (χ4v) is 1.60. The predicted molar refractivity (Wildman–Crippen MR) is 68.5 cm³/mol. The Morgan fingerprint density at radius 2 is 1.90 bits per heavy atom. The molecule has 0 spiro atoms. The number of carbonyl (C=O) groups is 3. The first-order chi connectivity index (χ1) is 9.40. The van der Waals surface area contributed by atoms with Crippen LogP contribution in [-0.4, -0.2) is 39.2 Å². The van der Waals surface area contributed by atoms with Crippen LogP contribution in [0.4, 0.5) is 0 Å². The lowest BCUT2D eigenvalue weighted by Gasteiger charge is -2.14. The molecule has 20 heavy (non-hydrogen) atoms. The van der Waals surface area contributed by atoms with Crippen LogP contribution >= 0.6 is 0 Å². The number of nitrogens with one attached hydrogen (secondary N) is 1. The van der Waals surface area contributed by atoms with E-state index in [0.29, 0.717) is 0 Å². The van der Waals surface area contributed by atoms with Gasteiger partial charge in [0.2, 0.25) is 0 Å². The first kappa shape index (κ1) is 15.5. The molecule has 0 saturated carbocycles. The van der Waals surface area contributed by atoms with E-state index in [2.05, 4.69) is 5.32 Å². The van der Waals surface area contributed by atoms with E-state index >= 15 is 0 Å². The highest BCUT2D eigenvalue weighted by Gasteiger charge is 2.20. The van der Waals surface area contributed by atoms with E-state index in [0.717, 1.165) is 0 Å². The predicted octanol–water partition coefficient (Wildman–Crippen LogP) is 0.830. The van der Waals surface area contributed by atoms with Gasteiger partial charge in [-0.15, -0.1) is 0 Å². The number of carbonyl (C=O) groups excluding carboxylic acids is 1. The molecule has 0 aromatic heterocycles. The van der Waals surface area contributed by atoms with Crippen molar-refractivity contribution in [1.29, 1.82) is 0 Å². The molecular weight excluding hydrogens is 266 g/mol. The van der Waals surface area contributed by atoms with E-state index in [9.17, 15) is 19.5 Å². The molecule has 0 fully saturated rings. The normalized spacial score (nSPS) is 11.6. The zero-order valence-electron chi connectivity index (χ0n) is 10.6. The minimum absolute atomic E-state index is 0.0200. The molecule has 0 radical (unpaired) electrons. The SMILES string of the molecule is O=C(O)CCC[C@@H](NC(=O)c1cccc(O)c1)C(=O)O. The second-order valence-corrected chi connectivity index (χ2v) is 4.20. The Labute approximate surface area is 114 Å². The first-order valence-corrected chi connectivity index (χ1v) is 5.94. The van der Waals surface area contributed by atoms with Crippen LogP contribution in [0.25, 0.3) is 0 Å². The number of hydrogen-bond acceptors (Lipinski definition) is 4. The van der Waals surface area contributed by atoms with Gasteiger partial charge in [-0.3, -0.25) is 9.59 Å². The average molecular weight is 281 g/mol. The van der Waals surface area contributed by atoms with Crippen molar-refractivity contribution in [1.82, 2.24) is 5.32 Å². The monoisotopic (exact) mass is 281 g/mol. The molecular formula is C13H15NO6. The minimum atomic E-state index is -1.23. The molecule has 7 nitrogen and oxygen atoms in total. The van der Waals surface area contributed by atoms with Crippen LogP contribution in [0.5, 0.6) is 5.75 Å². The number of amides is 1. The summed E-state index contributed by atoms with van der Waals surface area (Å²) in [7, 11) is 0. The molecule has 1 rings (SSSR count). The smallest absolute Gasteiger partial charge is 0.326 e. The molecule has 7 heteroatoms. The Morgan fingerprint density at radius 3 is 2.45 bits per heavy atom. The van der Waals surface area contributed by atoms with E-state index in [1.807, 2.05) is 0 Å². The summed E-state index contributed by atoms with van der Waals surface area (Å²) in [5.41, 5.74) is 0.134. The van der Waals surface area contributed by atoms with E-state index in [-0.39, 0.29) is 30.6 Å². The van der Waals surface area contributed by atoms with Crippen molar-refractivity contribution in [3.63, 3.8) is 0 Å². The zero-order chi connectivity index (χ0) is 15.1. The average Bonchev–Trinajstić information content (AvgIpc) is 2.36. The molecule has 1 aromatic carbocycles. The number of hydrogen-bond donors (Lipinski definition) is 4. The molecule has 0 aliphatic heterocycles. The van der Waals surface area contributed by atoms with Crippen molar-refractivity contribution in [2.45, 2.75) is 25.3 Å². The molecule has 1 aromatic rings. The number of phenolic OH excluding ortho intramolecular Hbond substituents is 1. The number of carboxylic acids is 2. The van der Waals surface area contributed by atoms with Gasteiger partial charge in [0, 0.05) is 12.0 Å². The standard InChI is InChI=1S/C13H15NO6/c15-9-4-1-3-8(7-9)12(18)14-10(13(19)20)5-2-6-11(16)17/h1,3-4,7,10,15H,2,5-6H2,(H,14,18)(H,16,17)(H,19,20)/t10-/m1/s1. The van der Waals surface area contributed by atoms with Crippen LogP contribution in [0.3, 0.4) is 0 Å². The Balaban J connectivity index is 2.63. The van der Waals surface area contributed by atoms with E-state index < -0.39 is 23.9 Å². The lowest BCUT2D eigenvalue weighted by molar-refractivity contribution is -0.140. The Morgan fingerprint density at radius 1 is 1.20 bits per heavy atom. The summed E-state index contributed by atoms with van der Waals surface area (Å²) in [6.45, 7) is 0. The molecule has 4 N–H and O–H groups in total. The fraction of sp³-hybridized carbons (Fsp3) is 0.308. The van der Waals surface area contributed by atoms with Crippen molar-refractivity contribution in [3.05, 3.63) is 29.8 Å². The van der Waals surface area contributed by atoms with Gasteiger partial charge in [0.05, 0.1) is 0 Å². The van der Waals surface area contributed by atoms with Crippen LogP contribution in [0, 0.1) is 0 Å². The molecule has 0 aliphatic rings. The van der Waals surface area contributed by atoms with E-state index in [4.69, 9.17) is 10.2 Å². The zero-order valence-corrected chi connectivity index (χ0v) is 10.6. The molecule has 0 bridgehead atoms. The third-order valence-corrected chi connectivity index (χ3v) is 2.60. The number of phenols is 1. The van der Waals surface area contributed by atoms with Gasteiger partial charge in [-0.2, -0.15) is 0 Å². The molecule has 1 amide bonds. The third kappa shape index (κ3) is 4.97. The molecule has 0 aliphatic carbocycles. The third-order valence-electron chi connectivity index (χ3n) is 2.60. The van der Waals surface area contributed by atoms with Crippen molar-refractivity contribution in [2.24, 2.45) is 0 Å². The van der Waals surface area contributed by atoms with Gasteiger partial charge in [0.25, 0.3) is 5.91 Å². The van der Waals surface area contributed by atoms with Crippen molar-refractivity contribution >= 4 is 17.8 Å². The molecule has 0 heterocycles. The van der Waals surface area contributed by atoms with Gasteiger partial charge in [0.1, 0.15) is 11.8 Å². The lowest BCUT2D eigenvalue weighted by Crippen LogP contribution is -2.40. The largest absolute Gasteiger partial charge is 0.508 e. The molecule has 1 atom stereocenters. The summed E-state index contributed by atoms with van der Waals surface area (Å²) in [6, 6.07) is 4.34. The van der Waals surface area contributed by atoms with Gasteiger partial charge in [-0.05, 0) is 31.0 Å². The van der Waals surface area contributed by atoms with Crippen molar-refractivity contribution < 1.29 is 29.7 Å². The summed E-state index contributed by atoms with van der Waals surface area (Å²) in [5, 5.41) is 29.0. The van der Waals surface area contributed by atoms with Crippen LogP contribution < -0.4 is 5.32 Å². The maximum atomic E-state index is 11.8. The Kier molecular flexibility index (Phi) is 5.52. The summed E-state index contributed by atoms with van der Waals surface area (Å²) in [4.78, 5) is 33.2. The highest BCUT2D eigenvalue weighted by atomic mass is 16.4. The summed E-state index contributed by atoms with van der Waals surface area (Å²) in [6.07, 6.45) is 0.00455. The van der Waals surface area contributed by atoms with E-state index in [1.54, 1.807) is 0 Å². The van der Waals surface area contributed by atoms with Gasteiger partial charge in [-0.25, -0.2) is 4.79 Å². The fourth-order valence-electron chi connectivity index (χ4n) is 1.60. The van der Waals surface area contributed by atoms with Crippen LogP contribution in [-0.2, 0) is 9.59 Å². The topological polar surface area (TPSA) is 124 Å². The Hall–Kier alpha value is -2.57. The lowest BCUT2D eigenvalue weighted by atomic mass is 10.1. The summed E-state index contributed by atoms with van der Waals surface area (Å²) < 4.78 is 0. The summed E-state index contributed by atoms with van der Waals surface area (Å²) in [5.74, 6) is -2.99. The number of aromatic hydroxyl groups is 1. The van der Waals surface area contributed by atoms with Crippen LogP contribution in [0.1, 0.15) is 29.6 Å². The highest BCUT2D eigenvalue weighted by molar-refractivity contribution is 5.96. The van der Waals surface area contributed by atoms with Gasteiger partial charge < -0.3 is 20.6 Å². The second-order valence-electron chi connectivity index (χ2n) is 4.20. The van der Waals surface area contributed by atoms with Gasteiger partial charge >= 0.3 is 11.9 Å². The number of rotatable bonds is 7. The van der Waals surface area contributed by atoms with Crippen LogP contribution in [0.2, 0.25) is 0 Å². The Bertz CT molecular complexity index is 513. The maximum Gasteiger partial charge on any atom is 0.326 e. The molecule has 0 saturated heterocycles. The minimum Gasteiger partial charge on any atom is -0.508 e.